The lowest BCUT2D eigenvalue weighted by molar-refractivity contribution is -0.147. The van der Waals surface area contributed by atoms with Crippen LogP contribution in [-0.4, -0.2) is 53.0 Å². The van der Waals surface area contributed by atoms with Gasteiger partial charge in [-0.05, 0) is 12.1 Å². The Labute approximate surface area is 121 Å². The molecule has 1 aliphatic heterocycles. The van der Waals surface area contributed by atoms with Crippen molar-refractivity contribution in [3.8, 4) is 0 Å². The first-order valence-corrected chi connectivity index (χ1v) is 6.61. The third kappa shape index (κ3) is 3.38. The fourth-order valence-electron chi connectivity index (χ4n) is 2.43. The third-order valence-corrected chi connectivity index (χ3v) is 3.45. The Morgan fingerprint density at radius 1 is 1.29 bits per heavy atom. The predicted molar refractivity (Wildman–Crippen MR) is 74.5 cm³/mol. The van der Waals surface area contributed by atoms with Gasteiger partial charge in [0.1, 0.15) is 6.04 Å². The summed E-state index contributed by atoms with van der Waals surface area (Å²) >= 11 is 0. The number of rotatable bonds is 4. The molecule has 112 valence electrons. The number of amides is 2. The fourth-order valence-corrected chi connectivity index (χ4v) is 2.43. The molecule has 1 saturated heterocycles. The first-order chi connectivity index (χ1) is 10.0. The SMILES string of the molecule is NCC(=O)N1C[C@H](NC(=O)c2ccccc2)CC1C(=O)O. The van der Waals surface area contributed by atoms with E-state index in [1.165, 1.54) is 4.90 Å². The van der Waals surface area contributed by atoms with Gasteiger partial charge in [0.2, 0.25) is 5.91 Å². The number of carboxylic acid groups (broad SMARTS) is 1. The molecule has 2 rings (SSSR count). The molecular formula is C14H17N3O4. The Morgan fingerprint density at radius 2 is 1.95 bits per heavy atom. The van der Waals surface area contributed by atoms with Crippen molar-refractivity contribution in [1.82, 2.24) is 10.2 Å². The first-order valence-electron chi connectivity index (χ1n) is 6.61. The smallest absolute Gasteiger partial charge is 0.326 e. The minimum atomic E-state index is -1.09. The standard InChI is InChI=1S/C14H17N3O4/c15-7-12(18)17-8-10(6-11(17)14(20)21)16-13(19)9-4-2-1-3-5-9/h1-5,10-11H,6-8,15H2,(H,16,19)(H,20,21)/t10-,11?/m1/s1. The zero-order valence-corrected chi connectivity index (χ0v) is 11.4. The summed E-state index contributed by atoms with van der Waals surface area (Å²) in [5, 5.41) is 11.9. The van der Waals surface area contributed by atoms with Crippen molar-refractivity contribution in [2.45, 2.75) is 18.5 Å². The minimum Gasteiger partial charge on any atom is -0.480 e. The summed E-state index contributed by atoms with van der Waals surface area (Å²) in [6, 6.07) is 7.29. The Bertz CT molecular complexity index is 546. The average Bonchev–Trinajstić information content (AvgIpc) is 2.91. The van der Waals surface area contributed by atoms with E-state index in [0.29, 0.717) is 5.56 Å². The van der Waals surface area contributed by atoms with Crippen molar-refractivity contribution in [3.63, 3.8) is 0 Å². The van der Waals surface area contributed by atoms with Crippen LogP contribution < -0.4 is 11.1 Å². The van der Waals surface area contributed by atoms with Gasteiger partial charge in [0.25, 0.3) is 5.91 Å². The molecule has 0 aromatic heterocycles. The largest absolute Gasteiger partial charge is 0.480 e. The molecule has 1 aliphatic rings. The summed E-state index contributed by atoms with van der Waals surface area (Å²) in [6.07, 6.45) is 0.180. The zero-order chi connectivity index (χ0) is 15.4. The van der Waals surface area contributed by atoms with Crippen molar-refractivity contribution in [2.75, 3.05) is 13.1 Å². The first kappa shape index (κ1) is 15.0. The van der Waals surface area contributed by atoms with E-state index in [-0.39, 0.29) is 25.4 Å². The summed E-state index contributed by atoms with van der Waals surface area (Å²) in [5.74, 6) is -1.81. The number of carbonyl (C=O) groups is 3. The molecule has 7 nitrogen and oxygen atoms in total. The van der Waals surface area contributed by atoms with Crippen LogP contribution in [0.3, 0.4) is 0 Å². The summed E-state index contributed by atoms with van der Waals surface area (Å²) in [7, 11) is 0. The molecule has 1 heterocycles. The van der Waals surface area contributed by atoms with Crippen LogP contribution in [0.2, 0.25) is 0 Å². The van der Waals surface area contributed by atoms with Gasteiger partial charge in [0, 0.05) is 24.6 Å². The van der Waals surface area contributed by atoms with E-state index in [0.717, 1.165) is 0 Å². The number of carbonyl (C=O) groups excluding carboxylic acids is 2. The quantitative estimate of drug-likeness (QED) is 0.687. The van der Waals surface area contributed by atoms with E-state index in [2.05, 4.69) is 5.32 Å². The molecular weight excluding hydrogens is 274 g/mol. The van der Waals surface area contributed by atoms with Crippen molar-refractivity contribution >= 4 is 17.8 Å². The molecule has 1 unspecified atom stereocenters. The lowest BCUT2D eigenvalue weighted by Crippen LogP contribution is -2.44. The van der Waals surface area contributed by atoms with Gasteiger partial charge in [-0.15, -0.1) is 0 Å². The minimum absolute atomic E-state index is 0.158. The van der Waals surface area contributed by atoms with Gasteiger partial charge in [-0.2, -0.15) is 0 Å². The van der Waals surface area contributed by atoms with Crippen LogP contribution in [-0.2, 0) is 9.59 Å². The van der Waals surface area contributed by atoms with E-state index < -0.39 is 24.0 Å². The fraction of sp³-hybridized carbons (Fsp3) is 0.357. The second-order valence-electron chi connectivity index (χ2n) is 4.88. The number of hydrogen-bond acceptors (Lipinski definition) is 4. The highest BCUT2D eigenvalue weighted by molar-refractivity contribution is 5.94. The number of likely N-dealkylation sites (tertiary alicyclic amines) is 1. The normalized spacial score (nSPS) is 21.1. The van der Waals surface area contributed by atoms with Crippen LogP contribution in [0.1, 0.15) is 16.8 Å². The molecule has 1 fully saturated rings. The number of nitrogens with one attached hydrogen (secondary N) is 1. The van der Waals surface area contributed by atoms with Gasteiger partial charge < -0.3 is 21.1 Å². The molecule has 0 bridgehead atoms. The molecule has 2 amide bonds. The van der Waals surface area contributed by atoms with E-state index in [9.17, 15) is 14.4 Å². The lowest BCUT2D eigenvalue weighted by Gasteiger charge is -2.20. The van der Waals surface area contributed by atoms with Crippen LogP contribution in [0.25, 0.3) is 0 Å². The summed E-state index contributed by atoms with van der Waals surface area (Å²) in [4.78, 5) is 36.1. The second-order valence-corrected chi connectivity index (χ2v) is 4.88. The number of carboxylic acids is 1. The molecule has 0 aliphatic carbocycles. The zero-order valence-electron chi connectivity index (χ0n) is 11.4. The number of hydrogen-bond donors (Lipinski definition) is 3. The van der Waals surface area contributed by atoms with Crippen molar-refractivity contribution < 1.29 is 19.5 Å². The third-order valence-electron chi connectivity index (χ3n) is 3.45. The maximum atomic E-state index is 12.0. The van der Waals surface area contributed by atoms with Crippen LogP contribution in [0.4, 0.5) is 0 Å². The van der Waals surface area contributed by atoms with Gasteiger partial charge in [0.05, 0.1) is 6.54 Å². The van der Waals surface area contributed by atoms with E-state index >= 15 is 0 Å². The Morgan fingerprint density at radius 3 is 2.52 bits per heavy atom. The Balaban J connectivity index is 2.04. The molecule has 0 radical (unpaired) electrons. The highest BCUT2D eigenvalue weighted by Gasteiger charge is 2.39. The Kier molecular flexibility index (Phi) is 4.54. The maximum Gasteiger partial charge on any atom is 0.326 e. The average molecular weight is 291 g/mol. The number of nitrogens with two attached hydrogens (primary N) is 1. The highest BCUT2D eigenvalue weighted by Crippen LogP contribution is 2.18. The van der Waals surface area contributed by atoms with E-state index in [1.807, 2.05) is 0 Å². The lowest BCUT2D eigenvalue weighted by atomic mass is 10.1. The summed E-state index contributed by atoms with van der Waals surface area (Å²) in [6.45, 7) is -0.0886. The molecule has 4 N–H and O–H groups in total. The van der Waals surface area contributed by atoms with Crippen LogP contribution in [0.5, 0.6) is 0 Å². The van der Waals surface area contributed by atoms with Gasteiger partial charge in [0.15, 0.2) is 0 Å². The second kappa shape index (κ2) is 6.36. The van der Waals surface area contributed by atoms with Gasteiger partial charge >= 0.3 is 5.97 Å². The number of benzene rings is 1. The molecule has 0 saturated carbocycles. The maximum absolute atomic E-state index is 12.0. The molecule has 21 heavy (non-hydrogen) atoms. The highest BCUT2D eigenvalue weighted by atomic mass is 16.4. The molecule has 2 atom stereocenters. The van der Waals surface area contributed by atoms with Crippen LogP contribution >= 0.6 is 0 Å². The monoisotopic (exact) mass is 291 g/mol. The van der Waals surface area contributed by atoms with Crippen LogP contribution in [0, 0.1) is 0 Å². The van der Waals surface area contributed by atoms with E-state index in [4.69, 9.17) is 10.8 Å². The predicted octanol–water partition coefficient (Wildman–Crippen LogP) is -0.571. The van der Waals surface area contributed by atoms with Crippen molar-refractivity contribution in [2.24, 2.45) is 5.73 Å². The van der Waals surface area contributed by atoms with Crippen LogP contribution in [0.15, 0.2) is 30.3 Å². The van der Waals surface area contributed by atoms with Gasteiger partial charge in [-0.1, -0.05) is 18.2 Å². The van der Waals surface area contributed by atoms with Gasteiger partial charge in [-0.3, -0.25) is 9.59 Å². The summed E-state index contributed by atoms with van der Waals surface area (Å²) in [5.41, 5.74) is 5.77. The van der Waals surface area contributed by atoms with Crippen molar-refractivity contribution in [3.05, 3.63) is 35.9 Å². The van der Waals surface area contributed by atoms with Gasteiger partial charge in [-0.25, -0.2) is 4.79 Å². The number of nitrogens with zero attached hydrogens (tertiary/aromatic N) is 1. The summed E-state index contributed by atoms with van der Waals surface area (Å²) < 4.78 is 0. The molecule has 0 spiro atoms. The van der Waals surface area contributed by atoms with E-state index in [1.54, 1.807) is 30.3 Å². The van der Waals surface area contributed by atoms with Crippen molar-refractivity contribution in [1.29, 1.82) is 0 Å². The number of aliphatic carboxylic acids is 1. The molecule has 1 aromatic rings. The molecule has 1 aromatic carbocycles. The topological polar surface area (TPSA) is 113 Å². The Hall–Kier alpha value is -2.41. The molecule has 7 heteroatoms.